The topological polar surface area (TPSA) is 183 Å². The second-order valence-electron chi connectivity index (χ2n) is 18.7. The van der Waals surface area contributed by atoms with Crippen molar-refractivity contribution in [3.63, 3.8) is 0 Å². The Bertz CT molecular complexity index is 3410. The fourth-order valence-corrected chi connectivity index (χ4v) is 9.39. The Balaban J connectivity index is 0.989. The van der Waals surface area contributed by atoms with Crippen LogP contribution in [-0.2, 0) is 68.5 Å². The quantitative estimate of drug-likeness (QED) is 0.0329. The number of nitrogens with zero attached hydrogens (tertiary/aromatic N) is 4. The van der Waals surface area contributed by atoms with Crippen molar-refractivity contribution >= 4 is 42.1 Å². The smallest absolute Gasteiger partial charge is 0.234 e. The molecule has 13 nitrogen and oxygen atoms in total. The van der Waals surface area contributed by atoms with Crippen LogP contribution in [0.1, 0.15) is 66.8 Å². The molecule has 0 bridgehead atoms. The van der Waals surface area contributed by atoms with Gasteiger partial charge in [0.1, 0.15) is 61.8 Å². The van der Waals surface area contributed by atoms with Gasteiger partial charge >= 0.3 is 0 Å². The molecule has 1 amide bonds. The Hall–Kier alpha value is -8.38. The van der Waals surface area contributed by atoms with E-state index >= 15 is 0 Å². The number of aldehydes is 1. The number of nitrogens with one attached hydrogen (secondary N) is 2. The van der Waals surface area contributed by atoms with Crippen molar-refractivity contribution in [2.75, 3.05) is 0 Å². The molecule has 78 heavy (non-hydrogen) atoms. The van der Waals surface area contributed by atoms with Gasteiger partial charge in [-0.1, -0.05) is 120 Å². The standard InChI is InChI=1S/C63H59Cl2N7O6/c1-41-49(39-77-61-26-59(75-37-47-20-45(28-66)30-69-32-47)51(24-56(61)64)34-71-53(36-73)22-43-12-6-4-7-13-43)16-10-18-54(41)55-19-11-17-50(42(55)2)40-78-62-27-60(76-38-48-21-46(29-68-3)31-70-33-48)52(25-57(62)65)35-72-58(63(67)74)23-44-14-8-5-9-15-44/h4-21,24-27,30-33,36,53,58,71-72H,3,22-23,29,34-35,37-40H2,1-2H3,(H2,67,74). The van der Waals surface area contributed by atoms with Crippen molar-refractivity contribution in [3.8, 4) is 40.2 Å². The van der Waals surface area contributed by atoms with Gasteiger partial charge in [-0.25, -0.2) is 0 Å². The molecule has 0 saturated carbocycles. The van der Waals surface area contributed by atoms with Crippen LogP contribution < -0.4 is 35.3 Å². The van der Waals surface area contributed by atoms with Crippen LogP contribution >= 0.6 is 23.2 Å². The fraction of sp³-hybridized carbons (Fsp3) is 0.206. The second-order valence-corrected chi connectivity index (χ2v) is 19.5. The zero-order chi connectivity index (χ0) is 54.8. The second kappa shape index (κ2) is 27.6. The predicted molar refractivity (Wildman–Crippen MR) is 305 cm³/mol. The molecule has 15 heteroatoms. The van der Waals surface area contributed by atoms with Crippen LogP contribution in [0.15, 0.2) is 163 Å². The number of hydrogen-bond acceptors (Lipinski definition) is 12. The molecule has 396 valence electrons. The first-order valence-electron chi connectivity index (χ1n) is 25.3. The number of nitrogens with two attached hydrogens (primary N) is 1. The number of benzene rings is 6. The van der Waals surface area contributed by atoms with Gasteiger partial charge in [0.2, 0.25) is 5.91 Å². The van der Waals surface area contributed by atoms with E-state index in [1.807, 2.05) is 91.0 Å². The number of carbonyl (C=O) groups excluding carboxylic acids is 2. The molecule has 6 aromatic carbocycles. The number of primary amides is 1. The van der Waals surface area contributed by atoms with Crippen molar-refractivity contribution in [2.24, 2.45) is 10.7 Å². The van der Waals surface area contributed by atoms with E-state index in [1.165, 1.54) is 6.20 Å². The molecule has 0 radical (unpaired) electrons. The van der Waals surface area contributed by atoms with Gasteiger partial charge < -0.3 is 40.1 Å². The highest BCUT2D eigenvalue weighted by atomic mass is 35.5. The van der Waals surface area contributed by atoms with Gasteiger partial charge in [0.15, 0.2) is 0 Å². The number of amides is 1. The third-order valence-corrected chi connectivity index (χ3v) is 13.8. The molecule has 2 unspecified atom stereocenters. The minimum absolute atomic E-state index is 0.133. The molecular formula is C63H59Cl2N7O6. The van der Waals surface area contributed by atoms with E-state index in [0.29, 0.717) is 69.1 Å². The Morgan fingerprint density at radius 3 is 1.64 bits per heavy atom. The summed E-state index contributed by atoms with van der Waals surface area (Å²) >= 11 is 13.9. The number of halogens is 2. The average Bonchev–Trinajstić information content (AvgIpc) is 3.51. The summed E-state index contributed by atoms with van der Waals surface area (Å²) < 4.78 is 25.8. The van der Waals surface area contributed by atoms with Gasteiger partial charge in [-0.3, -0.25) is 19.8 Å². The van der Waals surface area contributed by atoms with Crippen LogP contribution in [-0.4, -0.2) is 41.0 Å². The molecular weight excluding hydrogens is 1020 g/mol. The predicted octanol–water partition coefficient (Wildman–Crippen LogP) is 11.5. The number of rotatable bonds is 27. The molecule has 8 rings (SSSR count). The molecule has 2 atom stereocenters. The summed E-state index contributed by atoms with van der Waals surface area (Å²) in [4.78, 5) is 37.3. The van der Waals surface area contributed by atoms with Crippen LogP contribution in [0.2, 0.25) is 10.0 Å². The highest BCUT2D eigenvalue weighted by Crippen LogP contribution is 2.38. The van der Waals surface area contributed by atoms with Crippen molar-refractivity contribution in [1.82, 2.24) is 20.6 Å². The summed E-state index contributed by atoms with van der Waals surface area (Å²) in [5.74, 6) is 1.37. The summed E-state index contributed by atoms with van der Waals surface area (Å²) in [5, 5.41) is 16.9. The highest BCUT2D eigenvalue weighted by Gasteiger charge is 2.21. The number of ether oxygens (including phenoxy) is 4. The summed E-state index contributed by atoms with van der Waals surface area (Å²) in [7, 11) is 0. The van der Waals surface area contributed by atoms with Crippen LogP contribution in [0, 0.1) is 25.2 Å². The SMILES string of the molecule is C=NCc1cncc(COc2cc(OCc3cccc(-c4cccc(COc5cc(OCc6cncc(C#N)c6)c(CNC(C=O)Cc6ccccc6)cc5Cl)c4C)c3C)c(Cl)cc2CNC(Cc2ccccc2)C(N)=O)c1. The normalized spacial score (nSPS) is 11.7. The summed E-state index contributed by atoms with van der Waals surface area (Å²) in [6, 6.07) is 43.6. The molecule has 0 spiro atoms. The van der Waals surface area contributed by atoms with Crippen molar-refractivity contribution in [1.29, 1.82) is 5.26 Å². The van der Waals surface area contributed by atoms with Gasteiger partial charge in [0.25, 0.3) is 0 Å². The molecule has 2 aromatic heterocycles. The average molecular weight is 1080 g/mol. The van der Waals surface area contributed by atoms with Crippen molar-refractivity contribution < 1.29 is 28.5 Å². The largest absolute Gasteiger partial charge is 0.488 e. The maximum absolute atomic E-state index is 12.6. The third kappa shape index (κ3) is 15.2. The third-order valence-electron chi connectivity index (χ3n) is 13.2. The van der Waals surface area contributed by atoms with E-state index in [1.54, 1.807) is 48.9 Å². The molecule has 8 aromatic rings. The number of pyridine rings is 2. The lowest BCUT2D eigenvalue weighted by molar-refractivity contribution is -0.120. The molecule has 0 fully saturated rings. The van der Waals surface area contributed by atoms with Gasteiger partial charge in [-0.2, -0.15) is 5.26 Å². The summed E-state index contributed by atoms with van der Waals surface area (Å²) in [6.07, 6.45) is 8.46. The minimum atomic E-state index is -0.646. The molecule has 0 aliphatic heterocycles. The molecule has 0 aliphatic carbocycles. The lowest BCUT2D eigenvalue weighted by atomic mass is 9.92. The molecule has 4 N–H and O–H groups in total. The highest BCUT2D eigenvalue weighted by molar-refractivity contribution is 6.32. The first-order chi connectivity index (χ1) is 38.0. The van der Waals surface area contributed by atoms with E-state index in [2.05, 4.69) is 64.4 Å². The molecule has 0 aliphatic rings. The Morgan fingerprint density at radius 1 is 0.615 bits per heavy atom. The fourth-order valence-electron chi connectivity index (χ4n) is 8.91. The van der Waals surface area contributed by atoms with Gasteiger partial charge in [0, 0.05) is 72.3 Å². The number of aliphatic imine (C=N–C) groups is 1. The van der Waals surface area contributed by atoms with Crippen LogP contribution in [0.25, 0.3) is 11.1 Å². The maximum Gasteiger partial charge on any atom is 0.234 e. The van der Waals surface area contributed by atoms with Crippen molar-refractivity contribution in [3.05, 3.63) is 235 Å². The van der Waals surface area contributed by atoms with E-state index in [9.17, 15) is 14.9 Å². The molecule has 2 heterocycles. The monoisotopic (exact) mass is 1080 g/mol. The number of carbonyl (C=O) groups is 2. The van der Waals surface area contributed by atoms with E-state index in [-0.39, 0.29) is 39.5 Å². The van der Waals surface area contributed by atoms with Crippen LogP contribution in [0.3, 0.4) is 0 Å². The van der Waals surface area contributed by atoms with Crippen LogP contribution in [0.5, 0.6) is 23.0 Å². The summed E-state index contributed by atoms with van der Waals surface area (Å²) in [5.41, 5.74) is 18.2. The number of hydrogen-bond donors (Lipinski definition) is 3. The van der Waals surface area contributed by atoms with E-state index < -0.39 is 18.0 Å². The first-order valence-corrected chi connectivity index (χ1v) is 26.1. The lowest BCUT2D eigenvalue weighted by Crippen LogP contribution is -2.42. The Kier molecular flexibility index (Phi) is 19.8. The van der Waals surface area contributed by atoms with Crippen molar-refractivity contribution in [2.45, 2.75) is 84.8 Å². The number of aromatic nitrogens is 2. The van der Waals surface area contributed by atoms with Gasteiger partial charge in [-0.15, -0.1) is 0 Å². The Morgan fingerprint density at radius 2 is 1.12 bits per heavy atom. The van der Waals surface area contributed by atoms with Gasteiger partial charge in [0.05, 0.1) is 34.2 Å². The van der Waals surface area contributed by atoms with Crippen LogP contribution in [0.4, 0.5) is 0 Å². The lowest BCUT2D eigenvalue weighted by Gasteiger charge is -2.20. The number of nitriles is 1. The van der Waals surface area contributed by atoms with Gasteiger partial charge in [-0.05, 0) is 108 Å². The first kappa shape index (κ1) is 55.8. The maximum atomic E-state index is 12.6. The zero-order valence-corrected chi connectivity index (χ0v) is 44.9. The van der Waals surface area contributed by atoms with E-state index in [0.717, 1.165) is 67.5 Å². The molecule has 0 saturated heterocycles. The minimum Gasteiger partial charge on any atom is -0.488 e. The Labute approximate surface area is 465 Å². The summed E-state index contributed by atoms with van der Waals surface area (Å²) in [6.45, 7) is 9.44. The zero-order valence-electron chi connectivity index (χ0n) is 43.4. The van der Waals surface area contributed by atoms with E-state index in [4.69, 9.17) is 47.9 Å².